The predicted molar refractivity (Wildman–Crippen MR) is 66.9 cm³/mol. The van der Waals surface area contributed by atoms with Crippen LogP contribution in [-0.4, -0.2) is 18.0 Å². The van der Waals surface area contributed by atoms with E-state index in [1.807, 2.05) is 22.6 Å². The third-order valence-corrected chi connectivity index (χ3v) is 2.99. The number of ether oxygens (including phenoxy) is 1. The molecule has 0 bridgehead atoms. The number of benzene rings is 1. The van der Waals surface area contributed by atoms with Gasteiger partial charge in [0.1, 0.15) is 0 Å². The molecule has 0 aliphatic heterocycles. The Labute approximate surface area is 106 Å². The lowest BCUT2D eigenvalue weighted by atomic mass is 10.0. The van der Waals surface area contributed by atoms with Crippen LogP contribution in [0.1, 0.15) is 21.5 Å². The maximum absolute atomic E-state index is 11.4. The maximum atomic E-state index is 11.4. The summed E-state index contributed by atoms with van der Waals surface area (Å²) in [7, 11) is 1.25. The van der Waals surface area contributed by atoms with Crippen molar-refractivity contribution in [3.8, 4) is 0 Å². The molecule has 0 unspecified atom stereocenters. The van der Waals surface area contributed by atoms with Gasteiger partial charge in [-0.25, -0.2) is 4.79 Å². The number of methoxy groups -OCH3 is 1. The van der Waals surface area contributed by atoms with Crippen LogP contribution in [0.4, 0.5) is 5.69 Å². The molecule has 1 aromatic carbocycles. The summed E-state index contributed by atoms with van der Waals surface area (Å²) < 4.78 is 5.09. The van der Waals surface area contributed by atoms with E-state index >= 15 is 0 Å². The normalized spacial score (nSPS) is 9.94. The first kappa shape index (κ1) is 12.9. The molecule has 0 aliphatic rings. The van der Waals surface area contributed by atoms with Crippen LogP contribution in [0.15, 0.2) is 12.1 Å². The van der Waals surface area contributed by atoms with Crippen LogP contribution in [0.2, 0.25) is 0 Å². The first-order valence-corrected chi connectivity index (χ1v) is 5.96. The molecule has 5 nitrogen and oxygen atoms in total. The van der Waals surface area contributed by atoms with Crippen molar-refractivity contribution in [3.05, 3.63) is 38.9 Å². The van der Waals surface area contributed by atoms with Gasteiger partial charge in [-0.05, 0) is 18.6 Å². The van der Waals surface area contributed by atoms with Crippen molar-refractivity contribution in [1.82, 2.24) is 0 Å². The van der Waals surface area contributed by atoms with Crippen LogP contribution < -0.4 is 0 Å². The number of aryl methyl sites for hydroxylation is 1. The van der Waals surface area contributed by atoms with Gasteiger partial charge in [-0.15, -0.1) is 0 Å². The van der Waals surface area contributed by atoms with Crippen LogP contribution in [0.5, 0.6) is 0 Å². The van der Waals surface area contributed by atoms with Crippen molar-refractivity contribution in [2.75, 3.05) is 7.11 Å². The molecule has 0 amide bonds. The molecule has 86 valence electrons. The van der Waals surface area contributed by atoms with E-state index < -0.39 is 10.9 Å². The van der Waals surface area contributed by atoms with Gasteiger partial charge in [-0.3, -0.25) is 10.1 Å². The summed E-state index contributed by atoms with van der Waals surface area (Å²) in [6, 6.07) is 2.92. The second kappa shape index (κ2) is 5.24. The summed E-state index contributed by atoms with van der Waals surface area (Å²) in [5, 5.41) is 10.8. The molecule has 16 heavy (non-hydrogen) atoms. The number of esters is 1. The van der Waals surface area contributed by atoms with E-state index in [9.17, 15) is 14.9 Å². The summed E-state index contributed by atoms with van der Waals surface area (Å²) in [5.74, 6) is -0.555. The monoisotopic (exact) mass is 335 g/mol. The van der Waals surface area contributed by atoms with Gasteiger partial charge in [0.05, 0.1) is 17.6 Å². The quantitative estimate of drug-likeness (QED) is 0.280. The number of rotatable bonds is 3. The number of carbonyl (C=O) groups excluding carboxylic acids is 1. The van der Waals surface area contributed by atoms with Gasteiger partial charge < -0.3 is 4.74 Å². The molecular formula is C10H10INO4. The Hall–Kier alpha value is -1.18. The molecule has 0 saturated carbocycles. The van der Waals surface area contributed by atoms with Crippen molar-refractivity contribution in [3.63, 3.8) is 0 Å². The highest BCUT2D eigenvalue weighted by Crippen LogP contribution is 2.25. The van der Waals surface area contributed by atoms with Crippen LogP contribution in [0.25, 0.3) is 0 Å². The van der Waals surface area contributed by atoms with Gasteiger partial charge in [0.2, 0.25) is 0 Å². The average Bonchev–Trinajstić information content (AvgIpc) is 2.27. The van der Waals surface area contributed by atoms with Gasteiger partial charge in [0.15, 0.2) is 0 Å². The number of hydrogen-bond donors (Lipinski definition) is 0. The molecular weight excluding hydrogens is 325 g/mol. The Morgan fingerprint density at radius 1 is 1.56 bits per heavy atom. The second-order valence-electron chi connectivity index (χ2n) is 3.18. The third kappa shape index (κ3) is 2.49. The summed E-state index contributed by atoms with van der Waals surface area (Å²) in [4.78, 5) is 21.7. The third-order valence-electron chi connectivity index (χ3n) is 2.17. The molecule has 0 aromatic heterocycles. The van der Waals surface area contributed by atoms with Gasteiger partial charge in [-0.2, -0.15) is 0 Å². The van der Waals surface area contributed by atoms with E-state index in [-0.39, 0.29) is 11.3 Å². The molecule has 0 atom stereocenters. The first-order valence-electron chi connectivity index (χ1n) is 4.43. The molecule has 6 heteroatoms. The minimum atomic E-state index is -0.555. The van der Waals surface area contributed by atoms with Gasteiger partial charge in [0.25, 0.3) is 5.69 Å². The van der Waals surface area contributed by atoms with Crippen molar-refractivity contribution >= 4 is 34.2 Å². The lowest BCUT2D eigenvalue weighted by Gasteiger charge is -2.06. The van der Waals surface area contributed by atoms with E-state index in [4.69, 9.17) is 0 Å². The average molecular weight is 335 g/mol. The Morgan fingerprint density at radius 3 is 2.62 bits per heavy atom. The molecule has 0 N–H and O–H groups in total. The molecule has 0 heterocycles. The van der Waals surface area contributed by atoms with Crippen molar-refractivity contribution in [2.24, 2.45) is 0 Å². The largest absolute Gasteiger partial charge is 0.465 e. The Morgan fingerprint density at radius 2 is 2.19 bits per heavy atom. The SMILES string of the molecule is COC(=O)c1cc([N+](=O)[O-])c(CI)cc1C. The number of nitro benzene ring substituents is 1. The van der Waals surface area contributed by atoms with Crippen molar-refractivity contribution in [2.45, 2.75) is 11.4 Å². The fraction of sp³-hybridized carbons (Fsp3) is 0.300. The summed E-state index contributed by atoms with van der Waals surface area (Å²) in [6.45, 7) is 1.73. The lowest BCUT2D eigenvalue weighted by Crippen LogP contribution is -2.06. The smallest absolute Gasteiger partial charge is 0.338 e. The summed E-state index contributed by atoms with van der Waals surface area (Å²) in [6.07, 6.45) is 0. The number of halogens is 1. The zero-order chi connectivity index (χ0) is 12.3. The highest BCUT2D eigenvalue weighted by molar-refractivity contribution is 14.1. The summed E-state index contributed by atoms with van der Waals surface area (Å²) in [5.41, 5.74) is 1.49. The Kier molecular flexibility index (Phi) is 4.22. The highest BCUT2D eigenvalue weighted by atomic mass is 127. The maximum Gasteiger partial charge on any atom is 0.338 e. The van der Waals surface area contributed by atoms with Crippen LogP contribution in [0.3, 0.4) is 0 Å². The minimum absolute atomic E-state index is 0.0413. The van der Waals surface area contributed by atoms with Crippen molar-refractivity contribution in [1.29, 1.82) is 0 Å². The van der Waals surface area contributed by atoms with E-state index in [0.717, 1.165) is 0 Å². The fourth-order valence-corrected chi connectivity index (χ4v) is 1.97. The molecule has 0 fully saturated rings. The van der Waals surface area contributed by atoms with Crippen LogP contribution >= 0.6 is 22.6 Å². The summed E-state index contributed by atoms with van der Waals surface area (Å²) >= 11 is 2.05. The molecule has 0 spiro atoms. The van der Waals surface area contributed by atoms with E-state index in [1.54, 1.807) is 13.0 Å². The Balaban J connectivity index is 3.38. The van der Waals surface area contributed by atoms with Crippen LogP contribution in [0, 0.1) is 17.0 Å². The first-order chi connectivity index (χ1) is 7.51. The Bertz CT molecular complexity index is 445. The zero-order valence-corrected chi connectivity index (χ0v) is 11.0. The number of alkyl halides is 1. The zero-order valence-electron chi connectivity index (χ0n) is 8.82. The molecule has 1 rings (SSSR count). The number of nitrogens with zero attached hydrogens (tertiary/aromatic N) is 1. The highest BCUT2D eigenvalue weighted by Gasteiger charge is 2.19. The fourth-order valence-electron chi connectivity index (χ4n) is 1.36. The number of nitro groups is 1. The van der Waals surface area contributed by atoms with Gasteiger partial charge in [-0.1, -0.05) is 22.6 Å². The van der Waals surface area contributed by atoms with E-state index in [1.165, 1.54) is 13.2 Å². The standard InChI is InChI=1S/C10H10INO4/c1-6-3-7(5-11)9(12(14)15)4-8(6)10(13)16-2/h3-4H,5H2,1-2H3. The van der Waals surface area contributed by atoms with Gasteiger partial charge in [0, 0.05) is 16.1 Å². The van der Waals surface area contributed by atoms with E-state index in [0.29, 0.717) is 15.6 Å². The molecule has 0 saturated heterocycles. The molecule has 1 aromatic rings. The minimum Gasteiger partial charge on any atom is -0.465 e. The van der Waals surface area contributed by atoms with Crippen molar-refractivity contribution < 1.29 is 14.5 Å². The molecule has 0 aliphatic carbocycles. The van der Waals surface area contributed by atoms with Gasteiger partial charge >= 0.3 is 5.97 Å². The number of carbonyl (C=O) groups is 1. The molecule has 0 radical (unpaired) electrons. The second-order valence-corrected chi connectivity index (χ2v) is 3.94. The number of hydrogen-bond acceptors (Lipinski definition) is 4. The van der Waals surface area contributed by atoms with E-state index in [2.05, 4.69) is 4.74 Å². The predicted octanol–water partition coefficient (Wildman–Crippen LogP) is 2.62. The lowest BCUT2D eigenvalue weighted by molar-refractivity contribution is -0.385. The topological polar surface area (TPSA) is 69.4 Å². The van der Waals surface area contributed by atoms with Crippen LogP contribution in [-0.2, 0) is 9.16 Å².